The van der Waals surface area contributed by atoms with Crippen molar-refractivity contribution < 1.29 is 20.3 Å². The fraction of sp³-hybridized carbons (Fsp3) is 0.857. The summed E-state index contributed by atoms with van der Waals surface area (Å²) in [6.45, 7) is 6.38. The van der Waals surface area contributed by atoms with Crippen molar-refractivity contribution in [3.05, 3.63) is 0 Å². The van der Waals surface area contributed by atoms with E-state index >= 15 is 0 Å². The molecule has 0 aromatic carbocycles. The van der Waals surface area contributed by atoms with Crippen molar-refractivity contribution in [3.63, 3.8) is 0 Å². The summed E-state index contributed by atoms with van der Waals surface area (Å²) in [5, 5.41) is 0. The van der Waals surface area contributed by atoms with Crippen molar-refractivity contribution in [1.29, 1.82) is 0 Å². The quantitative estimate of drug-likeness (QED) is 0.497. The van der Waals surface area contributed by atoms with Crippen molar-refractivity contribution in [1.82, 2.24) is 0 Å². The molecule has 0 N–H and O–H groups in total. The van der Waals surface area contributed by atoms with E-state index in [0.717, 1.165) is 11.0 Å². The molecule has 1 rings (SSSR count). The van der Waals surface area contributed by atoms with Gasteiger partial charge < -0.3 is 0 Å². The van der Waals surface area contributed by atoms with E-state index in [0.29, 0.717) is 5.92 Å². The molecule has 1 saturated heterocycles. The zero-order valence-electron chi connectivity index (χ0n) is 6.07. The molecule has 1 fully saturated rings. The summed E-state index contributed by atoms with van der Waals surface area (Å²) >= 11 is 3.37. The van der Waals surface area contributed by atoms with Gasteiger partial charge in [0.2, 0.25) is 0 Å². The average molecular weight is 167 g/mol. The summed E-state index contributed by atoms with van der Waals surface area (Å²) in [4.78, 5) is 0. The molecule has 0 aliphatic carbocycles. The molecule has 1 atom stereocenters. The number of rotatable bonds is 0. The van der Waals surface area contributed by atoms with Gasteiger partial charge in [-0.15, -0.1) is 0 Å². The monoisotopic (exact) mass is 167 g/mol. The van der Waals surface area contributed by atoms with Crippen LogP contribution in [0.2, 0.25) is 0 Å². The predicted octanol–water partition coefficient (Wildman–Crippen LogP) is 1.50. The Morgan fingerprint density at radius 3 is 2.33 bits per heavy atom. The van der Waals surface area contributed by atoms with Crippen LogP contribution < -0.4 is 0 Å². The van der Waals surface area contributed by atoms with E-state index < -0.39 is 0 Å². The zero-order valence-corrected chi connectivity index (χ0v) is 7.25. The first kappa shape index (κ1) is 7.46. The molecule has 9 heavy (non-hydrogen) atoms. The molecular weight excluding hydrogens is 155 g/mol. The standard InChI is InChI=1S/C7H12O.Mn/c1-6-4-7(2,3)8-5-6;/h6H,4H2,1-3H3;. The van der Waals surface area contributed by atoms with Crippen molar-refractivity contribution in [2.24, 2.45) is 5.92 Å². The molecule has 1 aliphatic rings. The summed E-state index contributed by atoms with van der Waals surface area (Å²) in [5.41, 5.74) is 0.0538. The van der Waals surface area contributed by atoms with Crippen LogP contribution in [0.4, 0.5) is 0 Å². The Balaban J connectivity index is 2.65. The van der Waals surface area contributed by atoms with Gasteiger partial charge in [-0.05, 0) is 0 Å². The van der Waals surface area contributed by atoms with Crippen LogP contribution in [-0.4, -0.2) is 10.2 Å². The third-order valence-electron chi connectivity index (χ3n) is 1.56. The first-order valence-electron chi connectivity index (χ1n) is 3.23. The van der Waals surface area contributed by atoms with E-state index in [1.807, 2.05) is 0 Å². The fourth-order valence-corrected chi connectivity index (χ4v) is 1.67. The van der Waals surface area contributed by atoms with Crippen LogP contribution in [0.5, 0.6) is 0 Å². The number of hydrogen-bond donors (Lipinski definition) is 0. The molecule has 1 aliphatic heterocycles. The summed E-state index contributed by atoms with van der Waals surface area (Å²) in [6, 6.07) is 0. The van der Waals surface area contributed by atoms with Gasteiger partial charge in [-0.3, -0.25) is 0 Å². The molecule has 1 unspecified atom stereocenters. The Bertz CT molecular complexity index is 140. The van der Waals surface area contributed by atoms with Crippen molar-refractivity contribution in [3.8, 4) is 0 Å². The van der Waals surface area contributed by atoms with E-state index in [1.165, 1.54) is 0 Å². The molecule has 0 bridgehead atoms. The van der Waals surface area contributed by atoms with Crippen LogP contribution in [0.1, 0.15) is 27.2 Å². The Morgan fingerprint density at radius 1 is 1.67 bits per heavy atom. The zero-order chi connectivity index (χ0) is 7.07. The van der Waals surface area contributed by atoms with Crippen LogP contribution >= 0.6 is 0 Å². The number of ether oxygens (including phenoxy) is 1. The molecule has 0 radical (unpaired) electrons. The molecule has 0 saturated carbocycles. The van der Waals surface area contributed by atoms with Crippen LogP contribution in [0.3, 0.4) is 0 Å². The Kier molecular flexibility index (Phi) is 1.81. The molecule has 0 aromatic heterocycles. The van der Waals surface area contributed by atoms with E-state index in [9.17, 15) is 0 Å². The fourth-order valence-electron chi connectivity index (χ4n) is 1.22. The second-order valence-corrected chi connectivity index (χ2v) is 3.85. The maximum absolute atomic E-state index is 5.49. The Morgan fingerprint density at radius 2 is 2.22 bits per heavy atom. The van der Waals surface area contributed by atoms with Crippen molar-refractivity contribution in [2.75, 3.05) is 0 Å². The number of hydrogen-bond acceptors (Lipinski definition) is 1. The van der Waals surface area contributed by atoms with Gasteiger partial charge in [0.25, 0.3) is 0 Å². The molecule has 0 spiro atoms. The van der Waals surface area contributed by atoms with Crippen LogP contribution in [0.25, 0.3) is 0 Å². The summed E-state index contributed by atoms with van der Waals surface area (Å²) < 4.78 is 6.50. The maximum atomic E-state index is 5.49. The van der Waals surface area contributed by atoms with Gasteiger partial charge in [-0.1, -0.05) is 0 Å². The Labute approximate surface area is 64.1 Å². The van der Waals surface area contributed by atoms with Gasteiger partial charge in [0, 0.05) is 0 Å². The normalized spacial score (nSPS) is 33.2. The van der Waals surface area contributed by atoms with E-state index in [2.05, 4.69) is 36.3 Å². The second-order valence-electron chi connectivity index (χ2n) is 3.27. The van der Waals surface area contributed by atoms with Crippen molar-refractivity contribution >= 4 is 4.60 Å². The SMILES string of the molecule is CC1CC(C)(C)O[C]1=[Mn]. The third kappa shape index (κ3) is 1.63. The molecule has 53 valence electrons. The molecular formula is C7H12MnO. The van der Waals surface area contributed by atoms with Gasteiger partial charge in [-0.2, -0.15) is 0 Å². The minimum absolute atomic E-state index is 0.0538. The topological polar surface area (TPSA) is 9.23 Å². The summed E-state index contributed by atoms with van der Waals surface area (Å²) in [7, 11) is 0. The van der Waals surface area contributed by atoms with E-state index in [1.54, 1.807) is 0 Å². The summed E-state index contributed by atoms with van der Waals surface area (Å²) in [5.74, 6) is 0.569. The van der Waals surface area contributed by atoms with Gasteiger partial charge >= 0.3 is 63.6 Å². The first-order chi connectivity index (χ1) is 4.01. The van der Waals surface area contributed by atoms with E-state index in [-0.39, 0.29) is 5.60 Å². The molecule has 0 aromatic rings. The summed E-state index contributed by atoms with van der Waals surface area (Å²) in [6.07, 6.45) is 1.12. The second kappa shape index (κ2) is 2.19. The van der Waals surface area contributed by atoms with Crippen LogP contribution in [0, 0.1) is 5.92 Å². The van der Waals surface area contributed by atoms with Gasteiger partial charge in [-0.25, -0.2) is 0 Å². The molecule has 2 heteroatoms. The molecule has 1 nitrogen and oxygen atoms in total. The molecule has 1 heterocycles. The van der Waals surface area contributed by atoms with Crippen molar-refractivity contribution in [2.45, 2.75) is 32.8 Å². The third-order valence-corrected chi connectivity index (χ3v) is 2.26. The van der Waals surface area contributed by atoms with Crippen LogP contribution in [-0.2, 0) is 20.3 Å². The van der Waals surface area contributed by atoms with E-state index in [4.69, 9.17) is 4.74 Å². The Hall–Kier alpha value is 0.349. The molecule has 0 amide bonds. The van der Waals surface area contributed by atoms with Gasteiger partial charge in [0.1, 0.15) is 0 Å². The predicted molar refractivity (Wildman–Crippen MR) is 34.0 cm³/mol. The van der Waals surface area contributed by atoms with Crippen LogP contribution in [0.15, 0.2) is 0 Å². The van der Waals surface area contributed by atoms with Gasteiger partial charge in [0.05, 0.1) is 0 Å². The average Bonchev–Trinajstić information content (AvgIpc) is 1.79. The minimum atomic E-state index is 0.0538. The van der Waals surface area contributed by atoms with Gasteiger partial charge in [0.15, 0.2) is 0 Å². The first-order valence-corrected chi connectivity index (χ1v) is 3.82.